The van der Waals surface area contributed by atoms with Crippen molar-refractivity contribution in [1.82, 2.24) is 4.98 Å². The Hall–Kier alpha value is -1.52. The minimum atomic E-state index is -1.40. The second kappa shape index (κ2) is 3.51. The van der Waals surface area contributed by atoms with Gasteiger partial charge in [-0.25, -0.2) is 0 Å². The van der Waals surface area contributed by atoms with Crippen molar-refractivity contribution in [3.63, 3.8) is 0 Å². The first kappa shape index (κ1) is 9.69. The standard InChI is InChI=1S/C12H12BNO2/c15-13(16)8-5-6-10-9-3-1-2-4-11(9)14-12(10)7-8/h2,4-7,14-16H,1,3H2. The zero-order chi connectivity index (χ0) is 11.1. The predicted octanol–water partition coefficient (Wildman–Crippen LogP) is 0.807. The highest BCUT2D eigenvalue weighted by atomic mass is 16.4. The molecular weight excluding hydrogens is 201 g/mol. The lowest BCUT2D eigenvalue weighted by molar-refractivity contribution is 0.426. The van der Waals surface area contributed by atoms with E-state index in [0.717, 1.165) is 24.1 Å². The van der Waals surface area contributed by atoms with E-state index in [1.54, 1.807) is 12.1 Å². The summed E-state index contributed by atoms with van der Waals surface area (Å²) in [6.07, 6.45) is 6.37. The van der Waals surface area contributed by atoms with Gasteiger partial charge in [0.05, 0.1) is 0 Å². The fraction of sp³-hybridized carbons (Fsp3) is 0.167. The van der Waals surface area contributed by atoms with Crippen molar-refractivity contribution in [3.8, 4) is 0 Å². The van der Waals surface area contributed by atoms with Crippen LogP contribution in [0.4, 0.5) is 0 Å². The van der Waals surface area contributed by atoms with Gasteiger partial charge in [-0.2, -0.15) is 0 Å². The summed E-state index contributed by atoms with van der Waals surface area (Å²) < 4.78 is 0. The van der Waals surface area contributed by atoms with Crippen molar-refractivity contribution in [1.29, 1.82) is 0 Å². The summed E-state index contributed by atoms with van der Waals surface area (Å²) in [6.45, 7) is 0. The van der Waals surface area contributed by atoms with Crippen LogP contribution in [0.2, 0.25) is 0 Å². The maximum Gasteiger partial charge on any atom is 0.488 e. The molecule has 0 saturated heterocycles. The number of fused-ring (bicyclic) bond motifs is 3. The first-order valence-corrected chi connectivity index (χ1v) is 5.43. The quantitative estimate of drug-likeness (QED) is 0.614. The Morgan fingerprint density at radius 2 is 2.12 bits per heavy atom. The molecule has 0 amide bonds. The van der Waals surface area contributed by atoms with Gasteiger partial charge >= 0.3 is 7.12 Å². The van der Waals surface area contributed by atoms with Gasteiger partial charge in [0.25, 0.3) is 0 Å². The molecule has 1 aliphatic rings. The SMILES string of the molecule is OB(O)c1ccc2c3c([nH]c2c1)C=CCC3. The molecule has 80 valence electrons. The van der Waals surface area contributed by atoms with E-state index >= 15 is 0 Å². The van der Waals surface area contributed by atoms with Gasteiger partial charge in [0.1, 0.15) is 0 Å². The minimum Gasteiger partial charge on any atom is -0.423 e. The predicted molar refractivity (Wildman–Crippen MR) is 65.5 cm³/mol. The Morgan fingerprint density at radius 3 is 2.94 bits per heavy atom. The molecule has 0 radical (unpaired) electrons. The fourth-order valence-corrected chi connectivity index (χ4v) is 2.30. The molecule has 3 rings (SSSR count). The van der Waals surface area contributed by atoms with Gasteiger partial charge in [0.15, 0.2) is 0 Å². The Morgan fingerprint density at radius 1 is 1.25 bits per heavy atom. The van der Waals surface area contributed by atoms with Crippen LogP contribution in [0.25, 0.3) is 17.0 Å². The summed E-state index contributed by atoms with van der Waals surface area (Å²) in [6, 6.07) is 5.52. The van der Waals surface area contributed by atoms with Crippen LogP contribution >= 0.6 is 0 Å². The number of allylic oxidation sites excluding steroid dienone is 1. The molecule has 2 aromatic rings. The lowest BCUT2D eigenvalue weighted by Crippen LogP contribution is -2.29. The van der Waals surface area contributed by atoms with Crippen LogP contribution in [0.1, 0.15) is 17.7 Å². The number of aryl methyl sites for hydroxylation is 1. The molecule has 0 spiro atoms. The summed E-state index contributed by atoms with van der Waals surface area (Å²) in [5.41, 5.74) is 3.97. The number of hydrogen-bond acceptors (Lipinski definition) is 2. The third-order valence-electron chi connectivity index (χ3n) is 3.11. The summed E-state index contributed by atoms with van der Waals surface area (Å²) in [4.78, 5) is 3.30. The molecule has 1 heterocycles. The molecule has 1 aliphatic carbocycles. The Bertz CT molecular complexity index is 572. The summed E-state index contributed by atoms with van der Waals surface area (Å²) in [7, 11) is -1.40. The van der Waals surface area contributed by atoms with Crippen molar-refractivity contribution in [2.75, 3.05) is 0 Å². The minimum absolute atomic E-state index is 0.523. The van der Waals surface area contributed by atoms with Crippen LogP contribution in [0, 0.1) is 0 Å². The van der Waals surface area contributed by atoms with Crippen LogP contribution in [0.15, 0.2) is 24.3 Å². The van der Waals surface area contributed by atoms with Gasteiger partial charge in [0, 0.05) is 16.6 Å². The van der Waals surface area contributed by atoms with E-state index in [-0.39, 0.29) is 0 Å². The van der Waals surface area contributed by atoms with E-state index in [4.69, 9.17) is 10.0 Å². The number of rotatable bonds is 1. The first-order valence-electron chi connectivity index (χ1n) is 5.43. The highest BCUT2D eigenvalue weighted by Crippen LogP contribution is 2.27. The molecule has 3 nitrogen and oxygen atoms in total. The monoisotopic (exact) mass is 213 g/mol. The average Bonchev–Trinajstić information content (AvgIpc) is 2.66. The van der Waals surface area contributed by atoms with Gasteiger partial charge in [0.2, 0.25) is 0 Å². The van der Waals surface area contributed by atoms with Gasteiger partial charge in [-0.3, -0.25) is 0 Å². The van der Waals surface area contributed by atoms with E-state index in [1.807, 2.05) is 6.07 Å². The molecule has 3 N–H and O–H groups in total. The van der Waals surface area contributed by atoms with Gasteiger partial charge in [-0.05, 0) is 36.0 Å². The molecule has 4 heteroatoms. The molecule has 0 fully saturated rings. The van der Waals surface area contributed by atoms with Crippen LogP contribution < -0.4 is 5.46 Å². The first-order chi connectivity index (χ1) is 7.75. The topological polar surface area (TPSA) is 56.2 Å². The Balaban J connectivity index is 2.23. The second-order valence-corrected chi connectivity index (χ2v) is 4.14. The number of nitrogens with one attached hydrogen (secondary N) is 1. The van der Waals surface area contributed by atoms with E-state index in [9.17, 15) is 0 Å². The summed E-state index contributed by atoms with van der Waals surface area (Å²) in [5, 5.41) is 19.4. The lowest BCUT2D eigenvalue weighted by atomic mass is 9.80. The molecule has 0 unspecified atom stereocenters. The van der Waals surface area contributed by atoms with Crippen LogP contribution in [-0.4, -0.2) is 22.2 Å². The van der Waals surface area contributed by atoms with Crippen molar-refractivity contribution < 1.29 is 10.0 Å². The van der Waals surface area contributed by atoms with Crippen LogP contribution in [0.3, 0.4) is 0 Å². The van der Waals surface area contributed by atoms with Crippen molar-refractivity contribution in [2.45, 2.75) is 12.8 Å². The third-order valence-corrected chi connectivity index (χ3v) is 3.11. The highest BCUT2D eigenvalue weighted by molar-refractivity contribution is 6.58. The smallest absolute Gasteiger partial charge is 0.423 e. The van der Waals surface area contributed by atoms with Gasteiger partial charge < -0.3 is 15.0 Å². The van der Waals surface area contributed by atoms with Crippen LogP contribution in [-0.2, 0) is 6.42 Å². The fourth-order valence-electron chi connectivity index (χ4n) is 2.30. The summed E-state index contributed by atoms with van der Waals surface area (Å²) >= 11 is 0. The number of aromatic amines is 1. The maximum absolute atomic E-state index is 9.11. The largest absolute Gasteiger partial charge is 0.488 e. The molecule has 16 heavy (non-hydrogen) atoms. The Labute approximate surface area is 93.6 Å². The molecule has 0 aliphatic heterocycles. The van der Waals surface area contributed by atoms with Gasteiger partial charge in [-0.1, -0.05) is 18.2 Å². The zero-order valence-electron chi connectivity index (χ0n) is 8.77. The number of hydrogen-bond donors (Lipinski definition) is 3. The van der Waals surface area contributed by atoms with Crippen molar-refractivity contribution >= 4 is 29.6 Å². The molecule has 1 aromatic heterocycles. The normalized spacial score (nSPS) is 14.1. The van der Waals surface area contributed by atoms with Gasteiger partial charge in [-0.15, -0.1) is 0 Å². The zero-order valence-corrected chi connectivity index (χ0v) is 8.77. The van der Waals surface area contributed by atoms with E-state index in [1.165, 1.54) is 10.9 Å². The molecule has 0 atom stereocenters. The Kier molecular flexibility index (Phi) is 2.12. The number of H-pyrrole nitrogens is 1. The second-order valence-electron chi connectivity index (χ2n) is 4.14. The van der Waals surface area contributed by atoms with Crippen molar-refractivity contribution in [2.24, 2.45) is 0 Å². The molecule has 0 bridgehead atoms. The highest BCUT2D eigenvalue weighted by Gasteiger charge is 2.15. The molecule has 1 aromatic carbocycles. The summed E-state index contributed by atoms with van der Waals surface area (Å²) in [5.74, 6) is 0. The molecule has 0 saturated carbocycles. The van der Waals surface area contributed by atoms with E-state index < -0.39 is 7.12 Å². The van der Waals surface area contributed by atoms with E-state index in [0.29, 0.717) is 5.46 Å². The van der Waals surface area contributed by atoms with Crippen molar-refractivity contribution in [3.05, 3.63) is 35.5 Å². The number of benzene rings is 1. The van der Waals surface area contributed by atoms with E-state index in [2.05, 4.69) is 17.1 Å². The average molecular weight is 213 g/mol. The lowest BCUT2D eigenvalue weighted by Gasteiger charge is -2.04. The number of aromatic nitrogens is 1. The van der Waals surface area contributed by atoms with Crippen LogP contribution in [0.5, 0.6) is 0 Å². The maximum atomic E-state index is 9.11. The third kappa shape index (κ3) is 1.38. The molecular formula is C12H12BNO2.